The summed E-state index contributed by atoms with van der Waals surface area (Å²) in [7, 11) is 1.37. The summed E-state index contributed by atoms with van der Waals surface area (Å²) in [4.78, 5) is 11.4. The van der Waals surface area contributed by atoms with E-state index in [9.17, 15) is 9.18 Å². The number of methoxy groups -OCH3 is 1. The molecule has 0 saturated heterocycles. The van der Waals surface area contributed by atoms with Crippen molar-refractivity contribution in [2.24, 2.45) is 0 Å². The standard InChI is InChI=1S/C13H18FNO2/c1-4-12(13(16)17-3)15-9(2)10-5-7-11(14)8-6-10/h5-9,12,15H,4H2,1-3H3/t9-,12?/m1/s1. The number of halogens is 1. The fraction of sp³-hybridized carbons (Fsp3) is 0.462. The molecule has 0 bridgehead atoms. The van der Waals surface area contributed by atoms with Crippen LogP contribution in [0, 0.1) is 5.82 Å². The molecule has 0 spiro atoms. The van der Waals surface area contributed by atoms with Gasteiger partial charge in [-0.3, -0.25) is 10.1 Å². The molecular formula is C13H18FNO2. The van der Waals surface area contributed by atoms with Gasteiger partial charge in [0.05, 0.1) is 7.11 Å². The van der Waals surface area contributed by atoms with Crippen molar-refractivity contribution >= 4 is 5.97 Å². The molecule has 0 fully saturated rings. The van der Waals surface area contributed by atoms with Gasteiger partial charge in [0.15, 0.2) is 0 Å². The van der Waals surface area contributed by atoms with E-state index < -0.39 is 0 Å². The molecule has 0 radical (unpaired) electrons. The molecule has 1 unspecified atom stereocenters. The predicted molar refractivity (Wildman–Crippen MR) is 64.0 cm³/mol. The molecule has 0 aromatic heterocycles. The van der Waals surface area contributed by atoms with Crippen molar-refractivity contribution in [1.82, 2.24) is 5.32 Å². The summed E-state index contributed by atoms with van der Waals surface area (Å²) in [5.74, 6) is -0.539. The first-order valence-corrected chi connectivity index (χ1v) is 5.67. The van der Waals surface area contributed by atoms with Crippen LogP contribution in [0.25, 0.3) is 0 Å². The maximum absolute atomic E-state index is 12.8. The highest BCUT2D eigenvalue weighted by Crippen LogP contribution is 2.14. The summed E-state index contributed by atoms with van der Waals surface area (Å²) in [5, 5.41) is 3.16. The number of ether oxygens (including phenoxy) is 1. The minimum Gasteiger partial charge on any atom is -0.468 e. The first-order valence-electron chi connectivity index (χ1n) is 5.67. The van der Waals surface area contributed by atoms with Crippen molar-refractivity contribution in [1.29, 1.82) is 0 Å². The van der Waals surface area contributed by atoms with Crippen LogP contribution < -0.4 is 5.32 Å². The molecule has 0 saturated carbocycles. The summed E-state index contributed by atoms with van der Waals surface area (Å²) in [6.45, 7) is 3.84. The first-order chi connectivity index (χ1) is 8.08. The molecular weight excluding hydrogens is 221 g/mol. The van der Waals surface area contributed by atoms with Crippen molar-refractivity contribution in [3.05, 3.63) is 35.6 Å². The Labute approximate surface area is 101 Å². The van der Waals surface area contributed by atoms with E-state index >= 15 is 0 Å². The minimum atomic E-state index is -0.333. The molecule has 2 atom stereocenters. The Hall–Kier alpha value is -1.42. The molecule has 17 heavy (non-hydrogen) atoms. The number of carbonyl (C=O) groups excluding carboxylic acids is 1. The number of nitrogens with one attached hydrogen (secondary N) is 1. The largest absolute Gasteiger partial charge is 0.468 e. The fourth-order valence-corrected chi connectivity index (χ4v) is 1.64. The second kappa shape index (κ2) is 6.35. The third-order valence-corrected chi connectivity index (χ3v) is 2.72. The van der Waals surface area contributed by atoms with Crippen molar-refractivity contribution in [3.63, 3.8) is 0 Å². The van der Waals surface area contributed by atoms with Crippen molar-refractivity contribution in [3.8, 4) is 0 Å². The Bertz CT molecular complexity index is 364. The van der Waals surface area contributed by atoms with Crippen LogP contribution in [0.2, 0.25) is 0 Å². The summed E-state index contributed by atoms with van der Waals surface area (Å²) in [6, 6.07) is 5.87. The van der Waals surface area contributed by atoms with Gasteiger partial charge in [0.25, 0.3) is 0 Å². The zero-order chi connectivity index (χ0) is 12.8. The van der Waals surface area contributed by atoms with Crippen molar-refractivity contribution < 1.29 is 13.9 Å². The number of hydrogen-bond donors (Lipinski definition) is 1. The monoisotopic (exact) mass is 239 g/mol. The average molecular weight is 239 g/mol. The van der Waals surface area contributed by atoms with Gasteiger partial charge in [-0.05, 0) is 31.0 Å². The topological polar surface area (TPSA) is 38.3 Å². The van der Waals surface area contributed by atoms with Gasteiger partial charge in [-0.2, -0.15) is 0 Å². The Kier molecular flexibility index (Phi) is 5.10. The van der Waals surface area contributed by atoms with Crippen LogP contribution in [0.3, 0.4) is 0 Å². The Morgan fingerprint density at radius 1 is 1.41 bits per heavy atom. The molecule has 0 heterocycles. The molecule has 3 nitrogen and oxygen atoms in total. The molecule has 1 aromatic carbocycles. The number of carbonyl (C=O) groups is 1. The predicted octanol–water partition coefficient (Wildman–Crippen LogP) is 2.43. The van der Waals surface area contributed by atoms with Crippen LogP contribution in [0.15, 0.2) is 24.3 Å². The summed E-state index contributed by atoms with van der Waals surface area (Å²) in [5.41, 5.74) is 0.939. The lowest BCUT2D eigenvalue weighted by molar-refractivity contribution is -0.143. The van der Waals surface area contributed by atoms with E-state index in [2.05, 4.69) is 5.32 Å². The van der Waals surface area contributed by atoms with Gasteiger partial charge >= 0.3 is 5.97 Å². The van der Waals surface area contributed by atoms with E-state index in [4.69, 9.17) is 4.74 Å². The van der Waals surface area contributed by atoms with Crippen LogP contribution in [0.5, 0.6) is 0 Å². The highest BCUT2D eigenvalue weighted by molar-refractivity contribution is 5.75. The Morgan fingerprint density at radius 2 is 2.00 bits per heavy atom. The molecule has 94 valence electrons. The highest BCUT2D eigenvalue weighted by Gasteiger charge is 2.19. The Morgan fingerprint density at radius 3 is 2.47 bits per heavy atom. The van der Waals surface area contributed by atoms with Crippen LogP contribution in [-0.2, 0) is 9.53 Å². The number of esters is 1. The average Bonchev–Trinajstić information content (AvgIpc) is 2.35. The molecule has 1 N–H and O–H groups in total. The van der Waals surface area contributed by atoms with Crippen LogP contribution >= 0.6 is 0 Å². The third-order valence-electron chi connectivity index (χ3n) is 2.72. The summed E-state index contributed by atoms with van der Waals surface area (Å²) in [6.07, 6.45) is 0.651. The van der Waals surface area contributed by atoms with E-state index in [1.165, 1.54) is 19.2 Å². The molecule has 0 aliphatic heterocycles. The van der Waals surface area contributed by atoms with Gasteiger partial charge in [-0.15, -0.1) is 0 Å². The normalized spacial score (nSPS) is 14.1. The third kappa shape index (κ3) is 3.82. The lowest BCUT2D eigenvalue weighted by Gasteiger charge is -2.20. The van der Waals surface area contributed by atoms with Crippen LogP contribution in [0.4, 0.5) is 4.39 Å². The Balaban J connectivity index is 2.67. The molecule has 4 heteroatoms. The number of benzene rings is 1. The van der Waals surface area contributed by atoms with Crippen molar-refractivity contribution in [2.75, 3.05) is 7.11 Å². The molecule has 0 amide bonds. The molecule has 1 aromatic rings. The maximum Gasteiger partial charge on any atom is 0.322 e. The number of hydrogen-bond acceptors (Lipinski definition) is 3. The smallest absolute Gasteiger partial charge is 0.322 e. The number of rotatable bonds is 5. The van der Waals surface area contributed by atoms with Gasteiger partial charge in [0.1, 0.15) is 11.9 Å². The molecule has 1 rings (SSSR count). The van der Waals surface area contributed by atoms with Crippen LogP contribution in [-0.4, -0.2) is 19.1 Å². The van der Waals surface area contributed by atoms with Gasteiger partial charge in [-0.25, -0.2) is 4.39 Å². The van der Waals surface area contributed by atoms with E-state index in [0.717, 1.165) is 5.56 Å². The second-order valence-electron chi connectivity index (χ2n) is 3.92. The summed E-state index contributed by atoms with van der Waals surface area (Å²) >= 11 is 0. The van der Waals surface area contributed by atoms with Gasteiger partial charge < -0.3 is 4.74 Å². The van der Waals surface area contributed by atoms with Crippen molar-refractivity contribution in [2.45, 2.75) is 32.4 Å². The van der Waals surface area contributed by atoms with Gasteiger partial charge in [0.2, 0.25) is 0 Å². The minimum absolute atomic E-state index is 0.0281. The van der Waals surface area contributed by atoms with Gasteiger partial charge in [0, 0.05) is 6.04 Å². The van der Waals surface area contributed by atoms with Gasteiger partial charge in [-0.1, -0.05) is 19.1 Å². The van der Waals surface area contributed by atoms with E-state index in [0.29, 0.717) is 6.42 Å². The lowest BCUT2D eigenvalue weighted by atomic mass is 10.1. The zero-order valence-corrected chi connectivity index (χ0v) is 10.4. The molecule has 0 aliphatic carbocycles. The van der Waals surface area contributed by atoms with Crippen LogP contribution in [0.1, 0.15) is 31.9 Å². The molecule has 0 aliphatic rings. The second-order valence-corrected chi connectivity index (χ2v) is 3.92. The van der Waals surface area contributed by atoms with E-state index in [1.807, 2.05) is 13.8 Å². The summed E-state index contributed by atoms with van der Waals surface area (Å²) < 4.78 is 17.5. The fourth-order valence-electron chi connectivity index (χ4n) is 1.64. The lowest BCUT2D eigenvalue weighted by Crippen LogP contribution is -2.38. The highest BCUT2D eigenvalue weighted by atomic mass is 19.1. The van der Waals surface area contributed by atoms with E-state index in [1.54, 1.807) is 12.1 Å². The quantitative estimate of drug-likeness (QED) is 0.802. The maximum atomic E-state index is 12.8. The van der Waals surface area contributed by atoms with E-state index in [-0.39, 0.29) is 23.9 Å². The zero-order valence-electron chi connectivity index (χ0n) is 10.4. The SMILES string of the molecule is CCC(N[C@H](C)c1ccc(F)cc1)C(=O)OC. The first kappa shape index (κ1) is 13.6.